The number of nitrogens with zero attached hydrogens (tertiary/aromatic N) is 1. The number of benzene rings is 2. The molecule has 30 heavy (non-hydrogen) atoms. The zero-order valence-electron chi connectivity index (χ0n) is 17.9. The molecule has 0 bridgehead atoms. The van der Waals surface area contributed by atoms with Gasteiger partial charge in [0.1, 0.15) is 6.17 Å². The third kappa shape index (κ3) is 4.35. The molecule has 1 aliphatic rings. The van der Waals surface area contributed by atoms with Gasteiger partial charge >= 0.3 is 0 Å². The molecule has 0 unspecified atom stereocenters. The smallest absolute Gasteiger partial charge is 0.258 e. The van der Waals surface area contributed by atoms with Crippen LogP contribution in [0, 0.1) is 0 Å². The maximum atomic E-state index is 13.2. The average Bonchev–Trinajstić information content (AvgIpc) is 2.77. The fraction of sp³-hybridized carbons (Fsp3) is 0.391. The summed E-state index contributed by atoms with van der Waals surface area (Å²) in [4.78, 5) is 26.8. The van der Waals surface area contributed by atoms with E-state index in [1.165, 1.54) is 0 Å². The minimum atomic E-state index is -0.339. The highest BCUT2D eigenvalue weighted by Gasteiger charge is 2.35. The van der Waals surface area contributed by atoms with Crippen LogP contribution in [0.4, 0.5) is 5.69 Å². The van der Waals surface area contributed by atoms with Crippen molar-refractivity contribution in [3.63, 3.8) is 0 Å². The van der Waals surface area contributed by atoms with E-state index in [9.17, 15) is 9.59 Å². The van der Waals surface area contributed by atoms with E-state index in [1.807, 2.05) is 55.1 Å². The molecule has 0 fully saturated rings. The Labute approximate surface area is 177 Å². The van der Waals surface area contributed by atoms with E-state index in [0.717, 1.165) is 17.7 Å². The minimum Gasteiger partial charge on any atom is -0.493 e. The number of nitrogens with one attached hydrogen (secondary N) is 2. The normalized spacial score (nSPS) is 16.3. The van der Waals surface area contributed by atoms with Gasteiger partial charge in [-0.25, -0.2) is 0 Å². The van der Waals surface area contributed by atoms with Gasteiger partial charge in [0, 0.05) is 18.3 Å². The van der Waals surface area contributed by atoms with Gasteiger partial charge in [-0.05, 0) is 50.1 Å². The Hall–Kier alpha value is -3.22. The van der Waals surface area contributed by atoms with Crippen LogP contribution in [0.5, 0.6) is 11.5 Å². The molecular weight excluding hydrogens is 382 g/mol. The molecule has 0 aliphatic carbocycles. The lowest BCUT2D eigenvalue weighted by Gasteiger charge is -2.41. The molecule has 0 saturated carbocycles. The second-order valence-electron chi connectivity index (χ2n) is 7.21. The predicted octanol–water partition coefficient (Wildman–Crippen LogP) is 3.58. The number of amides is 2. The summed E-state index contributed by atoms with van der Waals surface area (Å²) in [6.07, 6.45) is 0.491. The zero-order valence-corrected chi connectivity index (χ0v) is 17.9. The second-order valence-corrected chi connectivity index (χ2v) is 7.21. The number of anilines is 1. The number of carbonyl (C=O) groups excluding carboxylic acids is 2. The Balaban J connectivity index is 1.92. The predicted molar refractivity (Wildman–Crippen MR) is 116 cm³/mol. The number of carbonyl (C=O) groups is 2. The van der Waals surface area contributed by atoms with Gasteiger partial charge in [-0.15, -0.1) is 0 Å². The molecule has 160 valence electrons. The first-order valence-corrected chi connectivity index (χ1v) is 10.3. The van der Waals surface area contributed by atoms with Crippen molar-refractivity contribution in [2.75, 3.05) is 25.6 Å². The highest BCUT2D eigenvalue weighted by Crippen LogP contribution is 2.38. The second kappa shape index (κ2) is 9.52. The number of methoxy groups -OCH3 is 1. The van der Waals surface area contributed by atoms with Crippen LogP contribution in [0.25, 0.3) is 0 Å². The van der Waals surface area contributed by atoms with E-state index in [4.69, 9.17) is 9.47 Å². The molecule has 2 aromatic carbocycles. The van der Waals surface area contributed by atoms with Crippen molar-refractivity contribution in [1.82, 2.24) is 10.2 Å². The molecule has 7 nitrogen and oxygen atoms in total. The van der Waals surface area contributed by atoms with E-state index in [0.29, 0.717) is 23.6 Å². The Morgan fingerprint density at radius 3 is 2.67 bits per heavy atom. The molecule has 0 radical (unpaired) electrons. The molecule has 2 amide bonds. The molecule has 1 heterocycles. The highest BCUT2D eigenvalue weighted by atomic mass is 16.5. The fourth-order valence-corrected chi connectivity index (χ4v) is 3.53. The van der Waals surface area contributed by atoms with Crippen LogP contribution in [0.1, 0.15) is 49.3 Å². The number of para-hydroxylation sites is 1. The van der Waals surface area contributed by atoms with Gasteiger partial charge in [0.05, 0.1) is 12.7 Å². The topological polar surface area (TPSA) is 79.9 Å². The van der Waals surface area contributed by atoms with Crippen molar-refractivity contribution in [3.05, 3.63) is 53.6 Å². The molecular formula is C23H29N3O4. The van der Waals surface area contributed by atoms with Gasteiger partial charge in [-0.1, -0.05) is 25.1 Å². The van der Waals surface area contributed by atoms with Crippen molar-refractivity contribution in [2.45, 2.75) is 39.4 Å². The van der Waals surface area contributed by atoms with Crippen LogP contribution in [0.3, 0.4) is 0 Å². The molecule has 3 rings (SSSR count). The van der Waals surface area contributed by atoms with Gasteiger partial charge in [0.15, 0.2) is 18.1 Å². The maximum absolute atomic E-state index is 13.2. The molecule has 2 N–H and O–H groups in total. The lowest BCUT2D eigenvalue weighted by Crippen LogP contribution is -2.47. The third-order valence-corrected chi connectivity index (χ3v) is 5.26. The third-order valence-electron chi connectivity index (χ3n) is 5.26. The van der Waals surface area contributed by atoms with Crippen LogP contribution >= 0.6 is 0 Å². The van der Waals surface area contributed by atoms with Crippen LogP contribution in [-0.2, 0) is 4.79 Å². The number of ether oxygens (including phenoxy) is 2. The summed E-state index contributed by atoms with van der Waals surface area (Å²) in [5, 5.41) is 6.19. The van der Waals surface area contributed by atoms with Crippen LogP contribution in [0.15, 0.2) is 42.5 Å². The van der Waals surface area contributed by atoms with Crippen molar-refractivity contribution >= 4 is 17.5 Å². The Kier molecular flexibility index (Phi) is 6.82. The molecule has 7 heteroatoms. The summed E-state index contributed by atoms with van der Waals surface area (Å²) in [7, 11) is 1.55. The maximum Gasteiger partial charge on any atom is 0.258 e. The summed E-state index contributed by atoms with van der Waals surface area (Å²) < 4.78 is 11.1. The van der Waals surface area contributed by atoms with E-state index in [-0.39, 0.29) is 30.6 Å². The molecule has 2 atom stereocenters. The molecule has 0 saturated heterocycles. The van der Waals surface area contributed by atoms with E-state index >= 15 is 0 Å². The van der Waals surface area contributed by atoms with E-state index < -0.39 is 0 Å². The van der Waals surface area contributed by atoms with Gasteiger partial charge in [-0.2, -0.15) is 0 Å². The number of hydrogen-bond donors (Lipinski definition) is 2. The standard InChI is InChI=1S/C23H29N3O4/c1-5-15(3)26-22(25-18-10-8-7-9-17(18)23(26)28)16-11-12-19(20(13-16)29-4)30-14-21(27)24-6-2/h7-13,15,22,25H,5-6,14H2,1-4H3,(H,24,27)/t15-,22+/m0/s1. The van der Waals surface area contributed by atoms with Crippen molar-refractivity contribution < 1.29 is 19.1 Å². The largest absolute Gasteiger partial charge is 0.493 e. The first-order valence-electron chi connectivity index (χ1n) is 10.3. The monoisotopic (exact) mass is 411 g/mol. The quantitative estimate of drug-likeness (QED) is 0.694. The van der Waals surface area contributed by atoms with Gasteiger partial charge in [0.25, 0.3) is 11.8 Å². The lowest BCUT2D eigenvalue weighted by atomic mass is 10.0. The fourth-order valence-electron chi connectivity index (χ4n) is 3.53. The summed E-state index contributed by atoms with van der Waals surface area (Å²) >= 11 is 0. The van der Waals surface area contributed by atoms with Crippen molar-refractivity contribution in [3.8, 4) is 11.5 Å². The number of rotatable bonds is 8. The van der Waals surface area contributed by atoms with Crippen LogP contribution in [-0.4, -0.2) is 43.0 Å². The first kappa shape index (κ1) is 21.5. The number of likely N-dealkylation sites (N-methyl/N-ethyl adjacent to an activating group) is 1. The lowest BCUT2D eigenvalue weighted by molar-refractivity contribution is -0.123. The number of fused-ring (bicyclic) bond motifs is 1. The molecule has 0 aromatic heterocycles. The highest BCUT2D eigenvalue weighted by molar-refractivity contribution is 6.01. The Morgan fingerprint density at radius 1 is 1.20 bits per heavy atom. The Morgan fingerprint density at radius 2 is 1.97 bits per heavy atom. The molecule has 1 aliphatic heterocycles. The van der Waals surface area contributed by atoms with Crippen molar-refractivity contribution in [2.24, 2.45) is 0 Å². The summed E-state index contributed by atoms with van der Waals surface area (Å²) in [5.74, 6) is 0.793. The molecule has 2 aromatic rings. The number of hydrogen-bond acceptors (Lipinski definition) is 5. The molecule has 0 spiro atoms. The van der Waals surface area contributed by atoms with Gasteiger partial charge in [-0.3, -0.25) is 9.59 Å². The SMILES string of the molecule is CCNC(=O)COc1ccc([C@@H]2Nc3ccccc3C(=O)N2[C@@H](C)CC)cc1OC. The summed E-state index contributed by atoms with van der Waals surface area (Å²) in [5.41, 5.74) is 2.35. The van der Waals surface area contributed by atoms with Crippen LogP contribution < -0.4 is 20.1 Å². The van der Waals surface area contributed by atoms with Crippen LogP contribution in [0.2, 0.25) is 0 Å². The van der Waals surface area contributed by atoms with Crippen molar-refractivity contribution in [1.29, 1.82) is 0 Å². The summed E-state index contributed by atoms with van der Waals surface area (Å²) in [6, 6.07) is 13.1. The summed E-state index contributed by atoms with van der Waals surface area (Å²) in [6.45, 7) is 6.42. The average molecular weight is 412 g/mol. The van der Waals surface area contributed by atoms with E-state index in [1.54, 1.807) is 13.2 Å². The van der Waals surface area contributed by atoms with E-state index in [2.05, 4.69) is 17.6 Å². The minimum absolute atomic E-state index is 0.000713. The Bertz CT molecular complexity index is 915. The van der Waals surface area contributed by atoms with Gasteiger partial charge in [0.2, 0.25) is 0 Å². The zero-order chi connectivity index (χ0) is 21.7. The van der Waals surface area contributed by atoms with Gasteiger partial charge < -0.3 is 25.0 Å². The first-order chi connectivity index (χ1) is 14.5.